The Balaban J connectivity index is 0.000000279. The highest BCUT2D eigenvalue weighted by Gasteiger charge is 2.31. The smallest absolute Gasteiger partial charge is 0.335 e. The van der Waals surface area contributed by atoms with Crippen molar-refractivity contribution >= 4 is 24.3 Å². The number of unbranched alkanes of at least 4 members (excludes halogenated alkanes) is 2. The lowest BCUT2D eigenvalue weighted by Gasteiger charge is -2.39. The van der Waals surface area contributed by atoms with Crippen LogP contribution in [0.3, 0.4) is 0 Å². The third-order valence-corrected chi connectivity index (χ3v) is 13.6. The summed E-state index contributed by atoms with van der Waals surface area (Å²) in [5, 5.41) is 12.0. The van der Waals surface area contributed by atoms with Crippen LogP contribution in [0.4, 0.5) is 0 Å². The molecule has 4 aliphatic rings. The summed E-state index contributed by atoms with van der Waals surface area (Å²) in [4.78, 5) is 28.8. The fourth-order valence-corrected chi connectivity index (χ4v) is 9.97. The molecule has 2 saturated carbocycles. The van der Waals surface area contributed by atoms with Gasteiger partial charge < -0.3 is 44.9 Å². The molecule has 364 valence electrons. The number of carboxylic acid groups (broad SMARTS) is 1. The Hall–Kier alpha value is -2.93. The first-order chi connectivity index (χ1) is 30.7. The number of carboxylic acids is 1. The Morgan fingerprint density at radius 1 is 0.641 bits per heavy atom. The maximum atomic E-state index is 12.9. The molecule has 4 fully saturated rings. The molecule has 2 aromatic carbocycles. The number of likely N-dealkylation sites (tertiary alicyclic amines) is 2. The summed E-state index contributed by atoms with van der Waals surface area (Å²) in [5.74, 6) is 3.71. The van der Waals surface area contributed by atoms with Crippen LogP contribution >= 0.6 is 12.4 Å². The quantitative estimate of drug-likeness (QED) is 0.104. The van der Waals surface area contributed by atoms with Gasteiger partial charge in [-0.2, -0.15) is 0 Å². The van der Waals surface area contributed by atoms with Crippen LogP contribution in [0.25, 0.3) is 0 Å². The molecule has 2 saturated heterocycles. The van der Waals surface area contributed by atoms with Gasteiger partial charge in [0.25, 0.3) is 5.91 Å². The van der Waals surface area contributed by atoms with Crippen LogP contribution in [0.15, 0.2) is 48.5 Å². The summed E-state index contributed by atoms with van der Waals surface area (Å²) in [5.41, 5.74) is 7.25. The molecular formula is C52H87ClN4O7. The third kappa shape index (κ3) is 21.1. The van der Waals surface area contributed by atoms with Gasteiger partial charge in [0, 0.05) is 58.0 Å². The van der Waals surface area contributed by atoms with Crippen LogP contribution in [-0.4, -0.2) is 119 Å². The molecule has 11 nitrogen and oxygen atoms in total. The number of carbonyl (C=O) groups is 2. The SMILES string of the molecule is CCCCC1CCCN(C[C@@H]2CCCC[C@H]2N)C1.CCCCC1CCCN(C[C@@H]2CCCC[C@H]2NC(=O)c2ccc(OCCOC)cc2)C1.COCCOc1ccc(C(=O)O)cc1.Cl. The van der Waals surface area contributed by atoms with Crippen molar-refractivity contribution < 1.29 is 33.6 Å². The largest absolute Gasteiger partial charge is 0.491 e. The Kier molecular flexibility index (Phi) is 28.3. The second kappa shape index (κ2) is 32.7. The van der Waals surface area contributed by atoms with Gasteiger partial charge in [0.1, 0.15) is 24.7 Å². The Labute approximate surface area is 393 Å². The van der Waals surface area contributed by atoms with Crippen molar-refractivity contribution in [3.8, 4) is 11.5 Å². The van der Waals surface area contributed by atoms with Gasteiger partial charge >= 0.3 is 5.97 Å². The lowest BCUT2D eigenvalue weighted by molar-refractivity contribution is 0.0696. The first kappa shape index (κ1) is 55.4. The molecule has 2 unspecified atom stereocenters. The van der Waals surface area contributed by atoms with Crippen molar-refractivity contribution in [3.63, 3.8) is 0 Å². The van der Waals surface area contributed by atoms with Gasteiger partial charge in [0.05, 0.1) is 18.8 Å². The predicted molar refractivity (Wildman–Crippen MR) is 262 cm³/mol. The number of hydrogen-bond acceptors (Lipinski definition) is 9. The zero-order valence-electron chi connectivity index (χ0n) is 40.2. The van der Waals surface area contributed by atoms with Crippen LogP contribution in [0.5, 0.6) is 11.5 Å². The number of aromatic carboxylic acids is 1. The molecule has 0 radical (unpaired) electrons. The average Bonchev–Trinajstić information content (AvgIpc) is 3.30. The van der Waals surface area contributed by atoms with Crippen molar-refractivity contribution in [2.45, 2.75) is 142 Å². The van der Waals surface area contributed by atoms with Gasteiger partial charge in [-0.25, -0.2) is 4.79 Å². The van der Waals surface area contributed by atoms with E-state index in [1.807, 2.05) is 24.3 Å². The van der Waals surface area contributed by atoms with Crippen LogP contribution in [0.2, 0.25) is 0 Å². The van der Waals surface area contributed by atoms with Gasteiger partial charge in [-0.05, 0) is 150 Å². The topological polar surface area (TPSA) is 136 Å². The van der Waals surface area contributed by atoms with E-state index in [0.717, 1.165) is 36.5 Å². The van der Waals surface area contributed by atoms with E-state index >= 15 is 0 Å². The number of benzene rings is 2. The number of carbonyl (C=O) groups excluding carboxylic acids is 1. The van der Waals surface area contributed by atoms with E-state index in [9.17, 15) is 9.59 Å². The maximum absolute atomic E-state index is 12.9. The van der Waals surface area contributed by atoms with E-state index in [2.05, 4.69) is 29.0 Å². The summed E-state index contributed by atoms with van der Waals surface area (Å²) in [6.45, 7) is 14.2. The van der Waals surface area contributed by atoms with Gasteiger partial charge in [0.15, 0.2) is 0 Å². The molecule has 2 heterocycles. The molecular weight excluding hydrogens is 828 g/mol. The fraction of sp³-hybridized carbons (Fsp3) is 0.731. The highest BCUT2D eigenvalue weighted by Crippen LogP contribution is 2.30. The van der Waals surface area contributed by atoms with Crippen molar-refractivity contribution in [1.82, 2.24) is 15.1 Å². The molecule has 4 N–H and O–H groups in total. The molecule has 2 aliphatic carbocycles. The van der Waals surface area contributed by atoms with Crippen LogP contribution in [0.1, 0.15) is 150 Å². The normalized spacial score (nSPS) is 23.8. The molecule has 0 bridgehead atoms. The number of nitrogens with one attached hydrogen (secondary N) is 1. The second-order valence-corrected chi connectivity index (χ2v) is 18.7. The number of amides is 1. The van der Waals surface area contributed by atoms with Crippen LogP contribution in [0, 0.1) is 23.7 Å². The number of nitrogens with zero attached hydrogens (tertiary/aromatic N) is 2. The van der Waals surface area contributed by atoms with E-state index in [1.165, 1.54) is 154 Å². The maximum Gasteiger partial charge on any atom is 0.335 e. The summed E-state index contributed by atoms with van der Waals surface area (Å²) in [6.07, 6.45) is 24.1. The van der Waals surface area contributed by atoms with Crippen molar-refractivity contribution in [3.05, 3.63) is 59.7 Å². The van der Waals surface area contributed by atoms with E-state index in [1.54, 1.807) is 26.4 Å². The fourth-order valence-electron chi connectivity index (χ4n) is 9.97. The molecule has 0 aromatic heterocycles. The van der Waals surface area contributed by atoms with Gasteiger partial charge in [-0.15, -0.1) is 12.4 Å². The molecule has 6 rings (SSSR count). The zero-order valence-corrected chi connectivity index (χ0v) is 41.0. The standard InChI is InChI=1S/C26H42N2O3.C16H32N2.C10H12O4.ClH/c1-3-4-8-21-9-7-16-28(19-21)20-23-10-5-6-11-25(23)27-26(29)22-12-14-24(15-13-22)31-18-17-30-2;1-2-3-7-14-8-6-11-18(12-14)13-15-9-4-5-10-16(15)17;1-13-6-7-14-9-4-2-8(3-5-9)10(11)12;/h12-15,21,23,25H,3-11,16-20H2,1-2H3,(H,27,29);14-16H,2-13,17H2,1H3;2-5H,6-7H2,1H3,(H,11,12);1H/t21?,23-,25+;14?,15-,16+;;/m00../s1. The van der Waals surface area contributed by atoms with E-state index in [-0.39, 0.29) is 29.9 Å². The summed E-state index contributed by atoms with van der Waals surface area (Å²) in [7, 11) is 3.25. The molecule has 2 aromatic rings. The number of hydrogen-bond donors (Lipinski definition) is 3. The van der Waals surface area contributed by atoms with Crippen molar-refractivity contribution in [1.29, 1.82) is 0 Å². The molecule has 12 heteroatoms. The molecule has 1 amide bonds. The summed E-state index contributed by atoms with van der Waals surface area (Å²) in [6, 6.07) is 14.5. The van der Waals surface area contributed by atoms with Gasteiger partial charge in [-0.3, -0.25) is 4.79 Å². The lowest BCUT2D eigenvalue weighted by Crippen LogP contribution is -2.48. The minimum Gasteiger partial charge on any atom is -0.491 e. The first-order valence-corrected chi connectivity index (χ1v) is 24.9. The predicted octanol–water partition coefficient (Wildman–Crippen LogP) is 10.1. The average molecular weight is 916 g/mol. The van der Waals surface area contributed by atoms with E-state index in [0.29, 0.717) is 49.7 Å². The van der Waals surface area contributed by atoms with Crippen LogP contribution < -0.4 is 20.5 Å². The molecule has 64 heavy (non-hydrogen) atoms. The summed E-state index contributed by atoms with van der Waals surface area (Å²) >= 11 is 0. The number of nitrogens with two attached hydrogens (primary N) is 1. The number of halogens is 1. The molecule has 0 spiro atoms. The third-order valence-electron chi connectivity index (χ3n) is 13.6. The Morgan fingerprint density at radius 3 is 1.59 bits per heavy atom. The monoisotopic (exact) mass is 915 g/mol. The lowest BCUT2D eigenvalue weighted by atomic mass is 9.83. The zero-order chi connectivity index (χ0) is 45.1. The van der Waals surface area contributed by atoms with Gasteiger partial charge in [0.2, 0.25) is 0 Å². The molecule has 2 aliphatic heterocycles. The minimum absolute atomic E-state index is 0. The molecule has 6 atom stereocenters. The summed E-state index contributed by atoms with van der Waals surface area (Å²) < 4.78 is 20.7. The minimum atomic E-state index is -0.937. The van der Waals surface area contributed by atoms with Crippen LogP contribution in [-0.2, 0) is 9.47 Å². The number of piperidine rings is 2. The first-order valence-electron chi connectivity index (χ1n) is 24.9. The highest BCUT2D eigenvalue weighted by atomic mass is 35.5. The van der Waals surface area contributed by atoms with Crippen molar-refractivity contribution in [2.75, 3.05) is 79.9 Å². The highest BCUT2D eigenvalue weighted by molar-refractivity contribution is 5.94. The number of rotatable bonds is 21. The number of ether oxygens (including phenoxy) is 4. The van der Waals surface area contributed by atoms with E-state index in [4.69, 9.17) is 29.8 Å². The van der Waals surface area contributed by atoms with E-state index < -0.39 is 5.97 Å². The Bertz CT molecular complexity index is 1520. The van der Waals surface area contributed by atoms with Gasteiger partial charge in [-0.1, -0.05) is 65.2 Å². The van der Waals surface area contributed by atoms with Crippen molar-refractivity contribution in [2.24, 2.45) is 29.4 Å². The second-order valence-electron chi connectivity index (χ2n) is 18.7. The number of methoxy groups -OCH3 is 2. The Morgan fingerprint density at radius 2 is 1.11 bits per heavy atom.